The molecule has 7 heteroatoms. The van der Waals surface area contributed by atoms with Crippen molar-refractivity contribution in [1.29, 1.82) is 0 Å². The first-order valence-corrected chi connectivity index (χ1v) is 8.84. The first-order valence-electron chi connectivity index (χ1n) is 8.84. The van der Waals surface area contributed by atoms with Crippen molar-refractivity contribution in [3.05, 3.63) is 41.7 Å². The number of aryl methyl sites for hydroxylation is 2. The van der Waals surface area contributed by atoms with E-state index in [-0.39, 0.29) is 24.7 Å². The molecule has 7 nitrogen and oxygen atoms in total. The van der Waals surface area contributed by atoms with Crippen LogP contribution < -0.4 is 0 Å². The Labute approximate surface area is 148 Å². The van der Waals surface area contributed by atoms with E-state index in [1.54, 1.807) is 4.68 Å². The molecule has 2 atom stereocenters. The highest BCUT2D eigenvalue weighted by molar-refractivity contribution is 5.76. The van der Waals surface area contributed by atoms with Crippen molar-refractivity contribution >= 4 is 5.91 Å². The van der Waals surface area contributed by atoms with Crippen LogP contribution in [0, 0.1) is 0 Å². The Morgan fingerprint density at radius 1 is 1.16 bits per heavy atom. The zero-order valence-electron chi connectivity index (χ0n) is 14.8. The molecule has 1 aliphatic heterocycles. The molecule has 1 fully saturated rings. The second-order valence-corrected chi connectivity index (χ2v) is 6.65. The monoisotopic (exact) mass is 343 g/mol. The van der Waals surface area contributed by atoms with Crippen LogP contribution in [0.15, 0.2) is 30.3 Å². The van der Waals surface area contributed by atoms with Crippen molar-refractivity contribution in [2.45, 2.75) is 51.9 Å². The van der Waals surface area contributed by atoms with Crippen molar-refractivity contribution in [2.24, 2.45) is 0 Å². The summed E-state index contributed by atoms with van der Waals surface area (Å²) in [5.41, 5.74) is 1.30. The van der Waals surface area contributed by atoms with Crippen LogP contribution in [0.3, 0.4) is 0 Å². The molecule has 1 aromatic carbocycles. The first kappa shape index (κ1) is 17.5. The lowest BCUT2D eigenvalue weighted by Gasteiger charge is -2.35. The van der Waals surface area contributed by atoms with Gasteiger partial charge in [0.25, 0.3) is 0 Å². The number of tetrazole rings is 1. The van der Waals surface area contributed by atoms with Crippen LogP contribution in [0.2, 0.25) is 0 Å². The Morgan fingerprint density at radius 3 is 2.60 bits per heavy atom. The molecule has 0 saturated carbocycles. The van der Waals surface area contributed by atoms with Gasteiger partial charge in [0.15, 0.2) is 5.82 Å². The van der Waals surface area contributed by atoms with E-state index in [1.807, 2.05) is 36.9 Å². The van der Waals surface area contributed by atoms with Gasteiger partial charge in [-0.1, -0.05) is 30.3 Å². The maximum absolute atomic E-state index is 12.6. The second kappa shape index (κ2) is 8.20. The minimum absolute atomic E-state index is 0.0404. The standard InChI is InChI=1S/C18H25N5O2/c1-14-11-22(12-15(2)25-14)18(24)13-23-17(19-20-21-23)10-6-9-16-7-4-3-5-8-16/h3-5,7-8,14-15H,6,9-13H2,1-2H3. The van der Waals surface area contributed by atoms with Gasteiger partial charge in [-0.2, -0.15) is 0 Å². The number of morpholine rings is 1. The summed E-state index contributed by atoms with van der Waals surface area (Å²) in [5, 5.41) is 11.8. The molecule has 25 heavy (non-hydrogen) atoms. The smallest absolute Gasteiger partial charge is 0.244 e. The maximum atomic E-state index is 12.6. The van der Waals surface area contributed by atoms with Gasteiger partial charge in [-0.05, 0) is 42.7 Å². The number of hydrogen-bond acceptors (Lipinski definition) is 5. The predicted molar refractivity (Wildman–Crippen MR) is 92.9 cm³/mol. The average molecular weight is 343 g/mol. The van der Waals surface area contributed by atoms with Crippen LogP contribution in [-0.4, -0.2) is 56.3 Å². The number of carbonyl (C=O) groups excluding carboxylic acids is 1. The third-order valence-electron chi connectivity index (χ3n) is 4.37. The van der Waals surface area contributed by atoms with Crippen LogP contribution in [0.5, 0.6) is 0 Å². The topological polar surface area (TPSA) is 73.1 Å². The normalized spacial score (nSPS) is 20.6. The van der Waals surface area contributed by atoms with Crippen LogP contribution in [0.25, 0.3) is 0 Å². The van der Waals surface area contributed by atoms with E-state index < -0.39 is 0 Å². The van der Waals surface area contributed by atoms with Gasteiger partial charge < -0.3 is 9.64 Å². The Bertz CT molecular complexity index is 678. The molecule has 0 aliphatic carbocycles. The Morgan fingerprint density at radius 2 is 1.88 bits per heavy atom. The summed E-state index contributed by atoms with van der Waals surface area (Å²) < 4.78 is 7.30. The SMILES string of the molecule is CC1CN(C(=O)Cn2nnnc2CCCc2ccccc2)CC(C)O1. The molecule has 1 aliphatic rings. The fraction of sp³-hybridized carbons (Fsp3) is 0.556. The van der Waals surface area contributed by atoms with E-state index in [0.717, 1.165) is 25.1 Å². The highest BCUT2D eigenvalue weighted by atomic mass is 16.5. The third-order valence-corrected chi connectivity index (χ3v) is 4.37. The molecule has 0 bridgehead atoms. The van der Waals surface area contributed by atoms with E-state index in [4.69, 9.17) is 4.74 Å². The van der Waals surface area contributed by atoms with Crippen molar-refractivity contribution in [1.82, 2.24) is 25.1 Å². The Balaban J connectivity index is 1.53. The lowest BCUT2D eigenvalue weighted by Crippen LogP contribution is -2.49. The van der Waals surface area contributed by atoms with Gasteiger partial charge in [0.1, 0.15) is 6.54 Å². The molecule has 2 heterocycles. The summed E-state index contributed by atoms with van der Waals surface area (Å²) in [6.45, 7) is 5.40. The number of hydrogen-bond donors (Lipinski definition) is 0. The maximum Gasteiger partial charge on any atom is 0.244 e. The molecule has 0 spiro atoms. The van der Waals surface area contributed by atoms with Crippen LogP contribution in [0.1, 0.15) is 31.7 Å². The van der Waals surface area contributed by atoms with Crippen LogP contribution >= 0.6 is 0 Å². The van der Waals surface area contributed by atoms with Gasteiger partial charge in [0, 0.05) is 19.5 Å². The summed E-state index contributed by atoms with van der Waals surface area (Å²) in [6, 6.07) is 10.3. The van der Waals surface area contributed by atoms with Gasteiger partial charge in [-0.15, -0.1) is 5.10 Å². The van der Waals surface area contributed by atoms with Crippen LogP contribution in [-0.2, 0) is 28.9 Å². The second-order valence-electron chi connectivity index (χ2n) is 6.65. The molecular formula is C18H25N5O2. The number of nitrogens with zero attached hydrogens (tertiary/aromatic N) is 5. The minimum Gasteiger partial charge on any atom is -0.372 e. The Hall–Kier alpha value is -2.28. The van der Waals surface area contributed by atoms with Crippen LogP contribution in [0.4, 0.5) is 0 Å². The lowest BCUT2D eigenvalue weighted by molar-refractivity contribution is -0.144. The van der Waals surface area contributed by atoms with E-state index in [2.05, 4.69) is 27.7 Å². The summed E-state index contributed by atoms with van der Waals surface area (Å²) in [4.78, 5) is 14.4. The van der Waals surface area contributed by atoms with Crippen molar-refractivity contribution < 1.29 is 9.53 Å². The van der Waals surface area contributed by atoms with Gasteiger partial charge in [-0.25, -0.2) is 4.68 Å². The number of carbonyl (C=O) groups is 1. The molecule has 1 aromatic heterocycles. The largest absolute Gasteiger partial charge is 0.372 e. The van der Waals surface area contributed by atoms with Gasteiger partial charge >= 0.3 is 0 Å². The van der Waals surface area contributed by atoms with E-state index in [1.165, 1.54) is 5.56 Å². The van der Waals surface area contributed by atoms with E-state index >= 15 is 0 Å². The van der Waals surface area contributed by atoms with Gasteiger partial charge in [0.2, 0.25) is 5.91 Å². The summed E-state index contributed by atoms with van der Waals surface area (Å²) >= 11 is 0. The lowest BCUT2D eigenvalue weighted by atomic mass is 10.1. The molecule has 0 radical (unpaired) electrons. The number of ether oxygens (including phenoxy) is 1. The molecule has 1 saturated heterocycles. The molecule has 2 aromatic rings. The Kier molecular flexibility index (Phi) is 5.75. The fourth-order valence-electron chi connectivity index (χ4n) is 3.23. The van der Waals surface area contributed by atoms with Crippen molar-refractivity contribution in [2.75, 3.05) is 13.1 Å². The predicted octanol–water partition coefficient (Wildman–Crippen LogP) is 1.48. The third kappa shape index (κ3) is 4.85. The highest BCUT2D eigenvalue weighted by Crippen LogP contribution is 2.12. The molecule has 0 N–H and O–H groups in total. The summed E-state index contributed by atoms with van der Waals surface area (Å²) in [6.07, 6.45) is 2.80. The zero-order valence-corrected chi connectivity index (χ0v) is 14.8. The summed E-state index contributed by atoms with van der Waals surface area (Å²) in [7, 11) is 0. The number of rotatable bonds is 6. The first-order chi connectivity index (χ1) is 12.1. The average Bonchev–Trinajstić information content (AvgIpc) is 3.02. The number of benzene rings is 1. The van der Waals surface area contributed by atoms with Crippen molar-refractivity contribution in [3.63, 3.8) is 0 Å². The molecule has 2 unspecified atom stereocenters. The van der Waals surface area contributed by atoms with Crippen molar-refractivity contribution in [3.8, 4) is 0 Å². The fourth-order valence-corrected chi connectivity index (χ4v) is 3.23. The van der Waals surface area contributed by atoms with E-state index in [9.17, 15) is 4.79 Å². The number of aromatic nitrogens is 4. The van der Waals surface area contributed by atoms with Gasteiger partial charge in [-0.3, -0.25) is 4.79 Å². The molecular weight excluding hydrogens is 318 g/mol. The highest BCUT2D eigenvalue weighted by Gasteiger charge is 2.26. The minimum atomic E-state index is 0.0404. The van der Waals surface area contributed by atoms with E-state index in [0.29, 0.717) is 13.1 Å². The molecule has 1 amide bonds. The van der Waals surface area contributed by atoms with Gasteiger partial charge in [0.05, 0.1) is 12.2 Å². The quantitative estimate of drug-likeness (QED) is 0.794. The zero-order chi connectivity index (χ0) is 17.6. The molecule has 134 valence electrons. The number of amides is 1. The summed E-state index contributed by atoms with van der Waals surface area (Å²) in [5.74, 6) is 0.803. The molecule has 3 rings (SSSR count).